The normalized spacial score (nSPS) is 11.8. The summed E-state index contributed by atoms with van der Waals surface area (Å²) in [5.74, 6) is 0. The predicted octanol–water partition coefficient (Wildman–Crippen LogP) is 12.9. The van der Waals surface area contributed by atoms with Gasteiger partial charge >= 0.3 is 0 Å². The third-order valence-corrected chi connectivity index (χ3v) is 9.42. The van der Waals surface area contributed by atoms with Crippen molar-refractivity contribution in [2.24, 2.45) is 0 Å². The van der Waals surface area contributed by atoms with E-state index in [0.29, 0.717) is 0 Å². The minimum atomic E-state index is 0.818. The number of furan rings is 2. The number of nitrogens with zero attached hydrogens (tertiary/aromatic N) is 1. The summed E-state index contributed by atoms with van der Waals surface area (Å²) in [5.41, 5.74) is 9.02. The lowest BCUT2D eigenvalue weighted by molar-refractivity contribution is 0.663. The molecule has 2 aromatic heterocycles. The summed E-state index contributed by atoms with van der Waals surface area (Å²) < 4.78 is 13.0. The standard InChI is InChI=1S/C44H27NO2/c1-2-13-32(14-3-1)45(33-19-17-29(18-20-33)36-16-8-12-28-9-6-7-15-35(28)36)34-21-23-40-39(27-34)43-41(46-40)24-22-37-38-25-30-10-4-5-11-31(30)26-42(38)47-44(37)43/h1-27H. The van der Waals surface area contributed by atoms with Crippen LogP contribution in [0.4, 0.5) is 17.1 Å². The minimum Gasteiger partial charge on any atom is -0.456 e. The van der Waals surface area contributed by atoms with Crippen molar-refractivity contribution in [3.63, 3.8) is 0 Å². The highest BCUT2D eigenvalue weighted by Gasteiger charge is 2.19. The van der Waals surface area contributed by atoms with E-state index in [9.17, 15) is 0 Å². The predicted molar refractivity (Wildman–Crippen MR) is 196 cm³/mol. The fraction of sp³-hybridized carbons (Fsp3) is 0. The van der Waals surface area contributed by atoms with Crippen LogP contribution in [0.2, 0.25) is 0 Å². The van der Waals surface area contributed by atoms with Crippen molar-refractivity contribution < 1.29 is 8.83 Å². The highest BCUT2D eigenvalue weighted by molar-refractivity contribution is 6.23. The van der Waals surface area contributed by atoms with Crippen molar-refractivity contribution in [2.45, 2.75) is 0 Å². The number of hydrogen-bond acceptors (Lipinski definition) is 3. The van der Waals surface area contributed by atoms with Gasteiger partial charge in [-0.05, 0) is 99.4 Å². The zero-order chi connectivity index (χ0) is 30.9. The summed E-state index contributed by atoms with van der Waals surface area (Å²) >= 11 is 0. The van der Waals surface area contributed by atoms with Crippen LogP contribution in [0.5, 0.6) is 0 Å². The summed E-state index contributed by atoms with van der Waals surface area (Å²) in [7, 11) is 0. The van der Waals surface area contributed by atoms with Crippen LogP contribution in [0.15, 0.2) is 173 Å². The third kappa shape index (κ3) is 4.07. The maximum atomic E-state index is 6.62. The topological polar surface area (TPSA) is 29.5 Å². The number of anilines is 3. The van der Waals surface area contributed by atoms with Gasteiger partial charge in [-0.25, -0.2) is 0 Å². The molecule has 10 aromatic rings. The quantitative estimate of drug-likeness (QED) is 0.201. The molecule has 47 heavy (non-hydrogen) atoms. The highest BCUT2D eigenvalue weighted by Crippen LogP contribution is 2.43. The lowest BCUT2D eigenvalue weighted by Gasteiger charge is -2.25. The first-order valence-electron chi connectivity index (χ1n) is 15.9. The zero-order valence-corrected chi connectivity index (χ0v) is 25.4. The molecule has 220 valence electrons. The molecule has 0 N–H and O–H groups in total. The Morgan fingerprint density at radius 1 is 0.362 bits per heavy atom. The Bertz CT molecular complexity index is 2780. The van der Waals surface area contributed by atoms with Gasteiger partial charge in [0.05, 0.1) is 5.39 Å². The molecule has 2 heterocycles. The number of benzene rings is 8. The van der Waals surface area contributed by atoms with Gasteiger partial charge in [-0.1, -0.05) is 97.1 Å². The molecule has 10 rings (SSSR count). The number of fused-ring (bicyclic) bond motifs is 9. The van der Waals surface area contributed by atoms with E-state index in [2.05, 4.69) is 169 Å². The number of hydrogen-bond donors (Lipinski definition) is 0. The SMILES string of the molecule is c1ccc(N(c2ccc(-c3cccc4ccccc34)cc2)c2ccc3oc4ccc5c6cc7ccccc7cc6oc5c4c3c2)cc1. The first-order chi connectivity index (χ1) is 23.3. The second-order valence-corrected chi connectivity index (χ2v) is 12.1. The molecule has 3 nitrogen and oxygen atoms in total. The van der Waals surface area contributed by atoms with Crippen LogP contribution in [0.1, 0.15) is 0 Å². The van der Waals surface area contributed by atoms with Crippen LogP contribution >= 0.6 is 0 Å². The first-order valence-corrected chi connectivity index (χ1v) is 15.9. The Kier molecular flexibility index (Phi) is 5.57. The Morgan fingerprint density at radius 2 is 1.04 bits per heavy atom. The van der Waals surface area contributed by atoms with Crippen LogP contribution in [-0.2, 0) is 0 Å². The van der Waals surface area contributed by atoms with E-state index in [0.717, 1.165) is 60.9 Å². The molecule has 3 heteroatoms. The second-order valence-electron chi connectivity index (χ2n) is 12.1. The van der Waals surface area contributed by atoms with Gasteiger partial charge in [0.15, 0.2) is 0 Å². The number of para-hydroxylation sites is 1. The van der Waals surface area contributed by atoms with Gasteiger partial charge < -0.3 is 13.7 Å². The van der Waals surface area contributed by atoms with Crippen LogP contribution in [0, 0.1) is 0 Å². The summed E-state index contributed by atoms with van der Waals surface area (Å²) in [5, 5.41) is 9.10. The molecular formula is C44H27NO2. The number of rotatable bonds is 4. The molecule has 0 amide bonds. The Morgan fingerprint density at radius 3 is 1.89 bits per heavy atom. The molecule has 0 saturated heterocycles. The zero-order valence-electron chi connectivity index (χ0n) is 25.4. The van der Waals surface area contributed by atoms with Crippen molar-refractivity contribution >= 4 is 82.5 Å². The summed E-state index contributed by atoms with van der Waals surface area (Å²) in [6.45, 7) is 0. The summed E-state index contributed by atoms with van der Waals surface area (Å²) in [6.07, 6.45) is 0. The fourth-order valence-corrected chi connectivity index (χ4v) is 7.20. The molecule has 0 radical (unpaired) electrons. The lowest BCUT2D eigenvalue weighted by atomic mass is 9.98. The second kappa shape index (κ2) is 10.1. The molecular weight excluding hydrogens is 574 g/mol. The minimum absolute atomic E-state index is 0.818. The molecule has 0 bridgehead atoms. The van der Waals surface area contributed by atoms with Crippen molar-refractivity contribution in [1.29, 1.82) is 0 Å². The molecule has 0 aliphatic rings. The lowest BCUT2D eigenvalue weighted by Crippen LogP contribution is -2.09. The van der Waals surface area contributed by atoms with Gasteiger partial charge in [0, 0.05) is 33.2 Å². The van der Waals surface area contributed by atoms with E-state index in [1.807, 2.05) is 0 Å². The van der Waals surface area contributed by atoms with Crippen LogP contribution in [-0.4, -0.2) is 0 Å². The smallest absolute Gasteiger partial charge is 0.147 e. The van der Waals surface area contributed by atoms with Crippen LogP contribution in [0.25, 0.3) is 76.5 Å². The van der Waals surface area contributed by atoms with Gasteiger partial charge in [-0.15, -0.1) is 0 Å². The van der Waals surface area contributed by atoms with E-state index in [1.165, 1.54) is 32.7 Å². The van der Waals surface area contributed by atoms with Crippen molar-refractivity contribution in [3.8, 4) is 11.1 Å². The van der Waals surface area contributed by atoms with Crippen molar-refractivity contribution in [3.05, 3.63) is 164 Å². The van der Waals surface area contributed by atoms with Crippen LogP contribution in [0.3, 0.4) is 0 Å². The Labute approximate surface area is 270 Å². The van der Waals surface area contributed by atoms with Gasteiger partial charge in [-0.2, -0.15) is 0 Å². The van der Waals surface area contributed by atoms with Gasteiger partial charge in [0.1, 0.15) is 22.3 Å². The molecule has 0 saturated carbocycles. The van der Waals surface area contributed by atoms with E-state index in [-0.39, 0.29) is 0 Å². The molecule has 8 aromatic carbocycles. The maximum absolute atomic E-state index is 6.62. The molecule has 0 aliphatic carbocycles. The average molecular weight is 602 g/mol. The van der Waals surface area contributed by atoms with Crippen molar-refractivity contribution in [2.75, 3.05) is 4.90 Å². The van der Waals surface area contributed by atoms with Gasteiger partial charge in [0.25, 0.3) is 0 Å². The third-order valence-electron chi connectivity index (χ3n) is 9.42. The summed E-state index contributed by atoms with van der Waals surface area (Å²) in [4.78, 5) is 2.30. The first kappa shape index (κ1) is 26.0. The maximum Gasteiger partial charge on any atom is 0.147 e. The molecule has 0 unspecified atom stereocenters. The fourth-order valence-electron chi connectivity index (χ4n) is 7.20. The Balaban J connectivity index is 1.15. The molecule has 0 atom stereocenters. The van der Waals surface area contributed by atoms with Gasteiger partial charge in [-0.3, -0.25) is 0 Å². The van der Waals surface area contributed by atoms with Crippen LogP contribution < -0.4 is 4.90 Å². The van der Waals surface area contributed by atoms with E-state index in [4.69, 9.17) is 8.83 Å². The van der Waals surface area contributed by atoms with Gasteiger partial charge in [0.2, 0.25) is 0 Å². The monoisotopic (exact) mass is 601 g/mol. The largest absolute Gasteiger partial charge is 0.456 e. The molecule has 0 aliphatic heterocycles. The van der Waals surface area contributed by atoms with E-state index in [1.54, 1.807) is 0 Å². The van der Waals surface area contributed by atoms with E-state index < -0.39 is 0 Å². The summed E-state index contributed by atoms with van der Waals surface area (Å²) in [6, 6.07) is 57.9. The Hall–Kier alpha value is -6.32. The van der Waals surface area contributed by atoms with Crippen molar-refractivity contribution in [1.82, 2.24) is 0 Å². The highest BCUT2D eigenvalue weighted by atomic mass is 16.3. The molecule has 0 spiro atoms. The molecule has 0 fully saturated rings. The van der Waals surface area contributed by atoms with E-state index >= 15 is 0 Å². The average Bonchev–Trinajstić information content (AvgIpc) is 3.69.